The molecule has 11 nitrogen and oxygen atoms in total. The molecule has 3 aliphatic heterocycles. The molecule has 7 rings (SSSR count). The van der Waals surface area contributed by atoms with Gasteiger partial charge in [-0.25, -0.2) is 18.0 Å². The summed E-state index contributed by atoms with van der Waals surface area (Å²) in [5, 5.41) is 1.50. The zero-order valence-corrected chi connectivity index (χ0v) is 32.0. The molecule has 0 radical (unpaired) electrons. The van der Waals surface area contributed by atoms with Crippen LogP contribution in [0.4, 0.5) is 23.8 Å². The van der Waals surface area contributed by atoms with E-state index in [0.717, 1.165) is 19.4 Å². The fourth-order valence-corrected chi connectivity index (χ4v) is 8.60. The third-order valence-electron chi connectivity index (χ3n) is 11.1. The summed E-state index contributed by atoms with van der Waals surface area (Å²) in [6.07, 6.45) is 3.19. The zero-order chi connectivity index (χ0) is 38.5. The number of alkyl halides is 1. The number of carbonyl (C=O) groups excluding carboxylic acids is 1. The van der Waals surface area contributed by atoms with E-state index in [2.05, 4.69) is 14.9 Å². The van der Waals surface area contributed by atoms with E-state index in [4.69, 9.17) is 23.9 Å². The molecule has 2 aromatic carbocycles. The van der Waals surface area contributed by atoms with Crippen LogP contribution in [0.3, 0.4) is 0 Å². The predicted octanol–water partition coefficient (Wildman–Crippen LogP) is 7.46. The summed E-state index contributed by atoms with van der Waals surface area (Å²) in [6, 6.07) is 5.87. The molecule has 3 aliphatic rings. The van der Waals surface area contributed by atoms with Crippen molar-refractivity contribution >= 4 is 33.6 Å². The molecule has 54 heavy (non-hydrogen) atoms. The summed E-state index contributed by atoms with van der Waals surface area (Å²) in [5.74, 6) is -0.386. The van der Waals surface area contributed by atoms with Crippen LogP contribution in [-0.2, 0) is 15.9 Å². The number of halogens is 3. The number of rotatable bonds is 10. The Bertz CT molecular complexity index is 2060. The molecule has 0 bridgehead atoms. The highest BCUT2D eigenvalue weighted by atomic mass is 19.1. The lowest BCUT2D eigenvalue weighted by atomic mass is 9.94. The number of likely N-dealkylation sites (tertiary alicyclic amines) is 1. The minimum atomic E-state index is -0.952. The molecular formula is C40H49F3N6O5. The van der Waals surface area contributed by atoms with Gasteiger partial charge in [0.1, 0.15) is 47.0 Å². The van der Waals surface area contributed by atoms with Crippen molar-refractivity contribution in [2.45, 2.75) is 96.1 Å². The monoisotopic (exact) mass is 750 g/mol. The molecule has 0 unspecified atom stereocenters. The maximum atomic E-state index is 17.3. The summed E-state index contributed by atoms with van der Waals surface area (Å²) < 4.78 is 70.1. The van der Waals surface area contributed by atoms with Crippen LogP contribution >= 0.6 is 0 Å². The number of ether oxygens (including phenoxy) is 4. The van der Waals surface area contributed by atoms with Crippen LogP contribution in [0.25, 0.3) is 32.9 Å². The first-order chi connectivity index (χ1) is 25.7. The van der Waals surface area contributed by atoms with Crippen molar-refractivity contribution in [3.05, 3.63) is 47.7 Å². The van der Waals surface area contributed by atoms with Gasteiger partial charge >= 0.3 is 12.1 Å². The number of hydrogen-bond acceptors (Lipinski definition) is 10. The quantitative estimate of drug-likeness (QED) is 0.152. The fraction of sp³-hybridized carbons (Fsp3) is 0.550. The highest BCUT2D eigenvalue weighted by Crippen LogP contribution is 2.42. The van der Waals surface area contributed by atoms with Crippen LogP contribution in [0.2, 0.25) is 0 Å². The molecule has 0 aliphatic carbocycles. The Morgan fingerprint density at radius 2 is 1.93 bits per heavy atom. The summed E-state index contributed by atoms with van der Waals surface area (Å²) in [4.78, 5) is 33.0. The molecule has 1 amide bonds. The Balaban J connectivity index is 1.35. The standard InChI is InChI=1S/C40H49F3N6O5/c1-8-27-30(42)11-10-24-16-26(53-22-51-7)17-28(32(24)27)34-33(43)35-29(19-44-34)36(47(6)31-12-15-49(23(31)2)38(50)54-39(3,4)5)46-37(45-35)52-21-40-13-9-14-48(40)20-25(41)18-40/h10-11,16-17,19,23,25,31H,8-9,12-15,18,20-22H2,1-7H3/t23-,25-,31-,40+/m1/s1. The van der Waals surface area contributed by atoms with Crippen molar-refractivity contribution in [1.29, 1.82) is 0 Å². The van der Waals surface area contributed by atoms with E-state index in [-0.39, 0.29) is 42.7 Å². The molecule has 0 spiro atoms. The minimum absolute atomic E-state index is 0.0390. The Morgan fingerprint density at radius 1 is 1.13 bits per heavy atom. The summed E-state index contributed by atoms with van der Waals surface area (Å²) in [5.41, 5.74) is -0.470. The topological polar surface area (TPSA) is 102 Å². The Hall–Kier alpha value is -4.43. The van der Waals surface area contributed by atoms with Gasteiger partial charge in [-0.05, 0) is 94.5 Å². The number of nitrogens with zero attached hydrogens (tertiary/aromatic N) is 6. The lowest BCUT2D eigenvalue weighted by Gasteiger charge is -2.33. The average molecular weight is 751 g/mol. The van der Waals surface area contributed by atoms with Crippen LogP contribution in [-0.4, -0.2) is 107 Å². The fourth-order valence-electron chi connectivity index (χ4n) is 8.60. The maximum absolute atomic E-state index is 17.3. The lowest BCUT2D eigenvalue weighted by molar-refractivity contribution is 0.0233. The number of aromatic nitrogens is 3. The van der Waals surface area contributed by atoms with E-state index < -0.39 is 35.0 Å². The number of amides is 1. The van der Waals surface area contributed by atoms with Crippen molar-refractivity contribution in [3.63, 3.8) is 0 Å². The summed E-state index contributed by atoms with van der Waals surface area (Å²) >= 11 is 0. The lowest BCUT2D eigenvalue weighted by Crippen LogP contribution is -2.45. The Labute approximate surface area is 313 Å². The number of fused-ring (bicyclic) bond motifs is 3. The number of likely N-dealkylation sites (N-methyl/N-ethyl adjacent to an activating group) is 1. The molecule has 4 atom stereocenters. The first kappa shape index (κ1) is 37.9. The first-order valence-corrected chi connectivity index (χ1v) is 18.7. The normalized spacial score (nSPS) is 23.0. The third-order valence-corrected chi connectivity index (χ3v) is 11.1. The molecule has 0 N–H and O–H groups in total. The van der Waals surface area contributed by atoms with Crippen LogP contribution in [0.1, 0.15) is 65.9 Å². The van der Waals surface area contributed by atoms with Gasteiger partial charge in [-0.3, -0.25) is 9.88 Å². The highest BCUT2D eigenvalue weighted by molar-refractivity contribution is 6.02. The zero-order valence-electron chi connectivity index (χ0n) is 32.0. The van der Waals surface area contributed by atoms with Gasteiger partial charge in [0.2, 0.25) is 0 Å². The second-order valence-corrected chi connectivity index (χ2v) is 15.8. The first-order valence-electron chi connectivity index (χ1n) is 18.7. The Kier molecular flexibility index (Phi) is 10.3. The molecule has 290 valence electrons. The number of pyridine rings is 1. The second kappa shape index (κ2) is 14.7. The molecule has 14 heteroatoms. The second-order valence-electron chi connectivity index (χ2n) is 15.8. The van der Waals surface area contributed by atoms with E-state index in [1.807, 2.05) is 46.6 Å². The largest absolute Gasteiger partial charge is 0.468 e. The predicted molar refractivity (Wildman–Crippen MR) is 200 cm³/mol. The van der Waals surface area contributed by atoms with Gasteiger partial charge in [-0.1, -0.05) is 13.0 Å². The van der Waals surface area contributed by atoms with Gasteiger partial charge in [-0.15, -0.1) is 0 Å². The molecular weight excluding hydrogens is 701 g/mol. The van der Waals surface area contributed by atoms with Crippen LogP contribution in [0, 0.1) is 11.6 Å². The van der Waals surface area contributed by atoms with E-state index >= 15 is 8.78 Å². The minimum Gasteiger partial charge on any atom is -0.468 e. The summed E-state index contributed by atoms with van der Waals surface area (Å²) in [6.45, 7) is 11.0. The Morgan fingerprint density at radius 3 is 2.67 bits per heavy atom. The molecule has 5 heterocycles. The number of methoxy groups -OCH3 is 1. The van der Waals surface area contributed by atoms with Gasteiger partial charge in [0.25, 0.3) is 0 Å². The molecule has 3 fully saturated rings. The highest BCUT2D eigenvalue weighted by Gasteiger charge is 2.49. The smallest absolute Gasteiger partial charge is 0.410 e. The van der Waals surface area contributed by atoms with E-state index in [1.165, 1.54) is 19.4 Å². The van der Waals surface area contributed by atoms with Crippen molar-refractivity contribution in [2.24, 2.45) is 0 Å². The van der Waals surface area contributed by atoms with Crippen LogP contribution < -0.4 is 14.4 Å². The SMILES string of the molecule is CCc1c(F)ccc2cc(OCOC)cc(-c3ncc4c(N(C)[C@@H]5CCN(C(=O)OC(C)(C)C)[C@@H]5C)nc(OC[C@@]56CCCN5C[C@H](F)C6)nc4c3F)c12. The number of carbonyl (C=O) groups is 1. The van der Waals surface area contributed by atoms with Gasteiger partial charge in [0, 0.05) is 45.4 Å². The van der Waals surface area contributed by atoms with E-state index in [1.54, 1.807) is 23.1 Å². The molecule has 2 aromatic heterocycles. The van der Waals surface area contributed by atoms with Gasteiger partial charge in [0.15, 0.2) is 12.6 Å². The van der Waals surface area contributed by atoms with E-state index in [9.17, 15) is 9.18 Å². The van der Waals surface area contributed by atoms with Crippen LogP contribution in [0.15, 0.2) is 30.5 Å². The van der Waals surface area contributed by atoms with Crippen molar-refractivity contribution in [3.8, 4) is 23.0 Å². The average Bonchev–Trinajstić information content (AvgIpc) is 3.80. The van der Waals surface area contributed by atoms with Crippen molar-refractivity contribution in [1.82, 2.24) is 24.8 Å². The number of hydrogen-bond donors (Lipinski definition) is 0. The molecule has 3 saturated heterocycles. The van der Waals surface area contributed by atoms with Gasteiger partial charge in [-0.2, -0.15) is 9.97 Å². The number of aryl methyl sites for hydroxylation is 1. The third kappa shape index (κ3) is 6.98. The van der Waals surface area contributed by atoms with Crippen molar-refractivity contribution < 1.29 is 36.9 Å². The van der Waals surface area contributed by atoms with Crippen molar-refractivity contribution in [2.75, 3.05) is 52.1 Å². The van der Waals surface area contributed by atoms with Gasteiger partial charge in [0.05, 0.1) is 23.0 Å². The maximum Gasteiger partial charge on any atom is 0.410 e. The summed E-state index contributed by atoms with van der Waals surface area (Å²) in [7, 11) is 3.35. The molecule has 4 aromatic rings. The van der Waals surface area contributed by atoms with E-state index in [0.29, 0.717) is 71.2 Å². The number of anilines is 1. The number of benzene rings is 2. The molecule has 0 saturated carbocycles. The van der Waals surface area contributed by atoms with Gasteiger partial charge < -0.3 is 28.7 Å². The van der Waals surface area contributed by atoms with Crippen LogP contribution in [0.5, 0.6) is 11.8 Å².